The van der Waals surface area contributed by atoms with Crippen LogP contribution in [-0.2, 0) is 24.4 Å². The number of rotatable bonds is 7. The molecule has 3 aromatic rings. The molecule has 0 aliphatic carbocycles. The molecule has 8 heteroatoms. The Morgan fingerprint density at radius 3 is 2.83 bits per heavy atom. The minimum Gasteiger partial charge on any atom is -0.497 e. The summed E-state index contributed by atoms with van der Waals surface area (Å²) in [4.78, 5) is 12.7. The second kappa shape index (κ2) is 8.96. The van der Waals surface area contributed by atoms with Crippen LogP contribution in [0.2, 0.25) is 0 Å². The number of nitrogens with one attached hydrogen (secondary N) is 1. The smallest absolute Gasteiger partial charge is 0.274 e. The summed E-state index contributed by atoms with van der Waals surface area (Å²) in [6.07, 6.45) is -0.151. The molecule has 30 heavy (non-hydrogen) atoms. The fourth-order valence-electron chi connectivity index (χ4n) is 3.39. The first-order valence-corrected chi connectivity index (χ1v) is 9.85. The van der Waals surface area contributed by atoms with Gasteiger partial charge in [-0.15, -0.1) is 5.10 Å². The lowest BCUT2D eigenvalue weighted by molar-refractivity contribution is -0.00179. The Hall–Kier alpha value is -3.39. The van der Waals surface area contributed by atoms with Crippen LogP contribution >= 0.6 is 0 Å². The minimum absolute atomic E-state index is 0.151. The lowest BCUT2D eigenvalue weighted by atomic mass is 10.1. The number of aromatic nitrogens is 3. The Labute approximate surface area is 174 Å². The van der Waals surface area contributed by atoms with Crippen molar-refractivity contribution in [1.29, 1.82) is 0 Å². The van der Waals surface area contributed by atoms with E-state index in [9.17, 15) is 4.79 Å². The standard InChI is InChI=1S/C22H24N4O4/c1-3-29-18-6-4-5-15(11-18)12-23-22(27)21-19-14-30-20(13-26(19)25-24-21)16-7-9-17(28-2)10-8-16/h4-11,20H,3,12-14H2,1-2H3,(H,23,27)/t20-/m1/s1. The van der Waals surface area contributed by atoms with Crippen molar-refractivity contribution in [2.75, 3.05) is 13.7 Å². The number of hydrogen-bond acceptors (Lipinski definition) is 6. The molecular weight excluding hydrogens is 384 g/mol. The van der Waals surface area contributed by atoms with Gasteiger partial charge in [0.15, 0.2) is 5.69 Å². The molecule has 1 atom stereocenters. The van der Waals surface area contributed by atoms with E-state index in [0.29, 0.717) is 31.1 Å². The highest BCUT2D eigenvalue weighted by Crippen LogP contribution is 2.28. The molecule has 1 aromatic heterocycles. The van der Waals surface area contributed by atoms with Crippen molar-refractivity contribution in [1.82, 2.24) is 20.3 Å². The van der Waals surface area contributed by atoms with Gasteiger partial charge in [0.1, 0.15) is 17.6 Å². The second-order valence-corrected chi connectivity index (χ2v) is 6.90. The largest absolute Gasteiger partial charge is 0.497 e. The zero-order valence-electron chi connectivity index (χ0n) is 17.0. The highest BCUT2D eigenvalue weighted by Gasteiger charge is 2.27. The van der Waals surface area contributed by atoms with E-state index in [-0.39, 0.29) is 18.6 Å². The predicted octanol–water partition coefficient (Wildman–Crippen LogP) is 2.89. The highest BCUT2D eigenvalue weighted by atomic mass is 16.5. The zero-order chi connectivity index (χ0) is 20.9. The molecule has 156 valence electrons. The van der Waals surface area contributed by atoms with E-state index in [2.05, 4.69) is 15.6 Å². The summed E-state index contributed by atoms with van der Waals surface area (Å²) in [6.45, 7) is 3.68. The van der Waals surface area contributed by atoms with Crippen molar-refractivity contribution in [3.63, 3.8) is 0 Å². The van der Waals surface area contributed by atoms with Gasteiger partial charge >= 0.3 is 0 Å². The SMILES string of the molecule is CCOc1cccc(CNC(=O)c2nnn3c2CO[C@@H](c2ccc(OC)cc2)C3)c1. The lowest BCUT2D eigenvalue weighted by Gasteiger charge is -2.24. The highest BCUT2D eigenvalue weighted by molar-refractivity contribution is 5.93. The number of amides is 1. The van der Waals surface area contributed by atoms with Gasteiger partial charge in [-0.2, -0.15) is 0 Å². The third-order valence-electron chi connectivity index (χ3n) is 4.96. The Morgan fingerprint density at radius 1 is 1.23 bits per heavy atom. The van der Waals surface area contributed by atoms with Gasteiger partial charge in [-0.25, -0.2) is 4.68 Å². The maximum atomic E-state index is 12.7. The van der Waals surface area contributed by atoms with Crippen molar-refractivity contribution in [3.05, 3.63) is 71.0 Å². The molecule has 1 amide bonds. The lowest BCUT2D eigenvalue weighted by Crippen LogP contribution is -2.27. The van der Waals surface area contributed by atoms with E-state index in [1.165, 1.54) is 0 Å². The first-order valence-electron chi connectivity index (χ1n) is 9.85. The number of benzene rings is 2. The molecule has 0 bridgehead atoms. The summed E-state index contributed by atoms with van der Waals surface area (Å²) in [5.41, 5.74) is 2.95. The van der Waals surface area contributed by atoms with Crippen LogP contribution < -0.4 is 14.8 Å². The van der Waals surface area contributed by atoms with Crippen LogP contribution in [0.25, 0.3) is 0 Å². The summed E-state index contributed by atoms with van der Waals surface area (Å²) < 4.78 is 18.4. The summed E-state index contributed by atoms with van der Waals surface area (Å²) in [6, 6.07) is 15.4. The van der Waals surface area contributed by atoms with Crippen LogP contribution in [-0.4, -0.2) is 34.6 Å². The Morgan fingerprint density at radius 2 is 2.07 bits per heavy atom. The average Bonchev–Trinajstić information content (AvgIpc) is 3.21. The predicted molar refractivity (Wildman–Crippen MR) is 109 cm³/mol. The van der Waals surface area contributed by atoms with Gasteiger partial charge in [-0.1, -0.05) is 29.5 Å². The van der Waals surface area contributed by atoms with E-state index in [4.69, 9.17) is 14.2 Å². The first kappa shape index (κ1) is 19.9. The van der Waals surface area contributed by atoms with Gasteiger partial charge in [0.05, 0.1) is 32.6 Å². The van der Waals surface area contributed by atoms with E-state index in [0.717, 1.165) is 22.6 Å². The van der Waals surface area contributed by atoms with Gasteiger partial charge in [0.25, 0.3) is 5.91 Å². The molecule has 0 saturated heterocycles. The van der Waals surface area contributed by atoms with Gasteiger partial charge < -0.3 is 19.5 Å². The normalized spacial score (nSPS) is 15.3. The molecule has 1 N–H and O–H groups in total. The minimum atomic E-state index is -0.274. The Bertz CT molecular complexity index is 1020. The molecule has 0 spiro atoms. The van der Waals surface area contributed by atoms with Crippen molar-refractivity contribution in [3.8, 4) is 11.5 Å². The molecule has 0 fully saturated rings. The van der Waals surface area contributed by atoms with Crippen LogP contribution in [0.3, 0.4) is 0 Å². The Balaban J connectivity index is 1.40. The molecule has 1 aliphatic heterocycles. The summed E-state index contributed by atoms with van der Waals surface area (Å²) >= 11 is 0. The molecule has 0 unspecified atom stereocenters. The van der Waals surface area contributed by atoms with Crippen LogP contribution in [0, 0.1) is 0 Å². The van der Waals surface area contributed by atoms with E-state index < -0.39 is 0 Å². The van der Waals surface area contributed by atoms with Crippen LogP contribution in [0.15, 0.2) is 48.5 Å². The van der Waals surface area contributed by atoms with Gasteiger partial charge in [0.2, 0.25) is 0 Å². The average molecular weight is 408 g/mol. The number of methoxy groups -OCH3 is 1. The molecule has 4 rings (SSSR count). The van der Waals surface area contributed by atoms with Crippen LogP contribution in [0.4, 0.5) is 0 Å². The van der Waals surface area contributed by atoms with Crippen LogP contribution in [0.1, 0.15) is 40.3 Å². The number of carbonyl (C=O) groups is 1. The quantitative estimate of drug-likeness (QED) is 0.647. The topological polar surface area (TPSA) is 87.5 Å². The number of nitrogens with zero attached hydrogens (tertiary/aromatic N) is 3. The van der Waals surface area contributed by atoms with Crippen molar-refractivity contribution in [2.24, 2.45) is 0 Å². The number of carbonyl (C=O) groups excluding carboxylic acids is 1. The second-order valence-electron chi connectivity index (χ2n) is 6.90. The van der Waals surface area contributed by atoms with Gasteiger partial charge in [-0.05, 0) is 42.3 Å². The molecule has 8 nitrogen and oxygen atoms in total. The van der Waals surface area contributed by atoms with Crippen molar-refractivity contribution < 1.29 is 19.0 Å². The fraction of sp³-hybridized carbons (Fsp3) is 0.318. The van der Waals surface area contributed by atoms with E-state index >= 15 is 0 Å². The third-order valence-corrected chi connectivity index (χ3v) is 4.96. The van der Waals surface area contributed by atoms with E-state index in [1.807, 2.05) is 55.5 Å². The molecule has 2 heterocycles. The van der Waals surface area contributed by atoms with Gasteiger partial charge in [0, 0.05) is 6.54 Å². The summed E-state index contributed by atoms with van der Waals surface area (Å²) in [5, 5.41) is 11.1. The zero-order valence-corrected chi connectivity index (χ0v) is 17.0. The number of hydrogen-bond donors (Lipinski definition) is 1. The van der Waals surface area contributed by atoms with Crippen molar-refractivity contribution in [2.45, 2.75) is 32.7 Å². The first-order chi connectivity index (χ1) is 14.7. The monoisotopic (exact) mass is 408 g/mol. The van der Waals surface area contributed by atoms with Crippen molar-refractivity contribution >= 4 is 5.91 Å². The van der Waals surface area contributed by atoms with E-state index in [1.54, 1.807) is 11.8 Å². The fourth-order valence-corrected chi connectivity index (χ4v) is 3.39. The maximum Gasteiger partial charge on any atom is 0.274 e. The van der Waals surface area contributed by atoms with Crippen LogP contribution in [0.5, 0.6) is 11.5 Å². The summed E-state index contributed by atoms with van der Waals surface area (Å²) in [7, 11) is 1.63. The molecule has 0 saturated carbocycles. The van der Waals surface area contributed by atoms with Gasteiger partial charge in [-0.3, -0.25) is 4.79 Å². The molecule has 0 radical (unpaired) electrons. The third kappa shape index (κ3) is 4.28. The molecule has 1 aliphatic rings. The number of fused-ring (bicyclic) bond motifs is 1. The summed E-state index contributed by atoms with van der Waals surface area (Å²) in [5.74, 6) is 1.30. The maximum absolute atomic E-state index is 12.7. The number of ether oxygens (including phenoxy) is 3. The molecular formula is C22H24N4O4. The molecule has 2 aromatic carbocycles. The Kier molecular flexibility index (Phi) is 5.94.